The number of halogens is 3. The zero-order chi connectivity index (χ0) is 22.5. The number of benzene rings is 1. The first-order chi connectivity index (χ1) is 13.8. The van der Waals surface area contributed by atoms with Gasteiger partial charge in [0.2, 0.25) is 15.9 Å². The highest BCUT2D eigenvalue weighted by Gasteiger charge is 2.61. The van der Waals surface area contributed by atoms with Crippen LogP contribution in [0.4, 0.5) is 13.2 Å². The molecule has 2 unspecified atom stereocenters. The number of hydrogen-bond donors (Lipinski definition) is 0. The first-order valence-electron chi connectivity index (χ1n) is 9.88. The number of alkyl halides is 3. The van der Waals surface area contributed by atoms with Crippen molar-refractivity contribution in [2.24, 2.45) is 17.3 Å². The number of carbonyl (C=O) groups is 1. The van der Waals surface area contributed by atoms with Crippen molar-refractivity contribution in [3.05, 3.63) is 41.5 Å². The molecule has 1 aliphatic heterocycles. The smallest absolute Gasteiger partial charge is 0.340 e. The van der Waals surface area contributed by atoms with Crippen LogP contribution < -0.4 is 0 Å². The van der Waals surface area contributed by atoms with E-state index in [1.54, 1.807) is 4.90 Å². The second-order valence-electron chi connectivity index (χ2n) is 8.79. The minimum Gasteiger partial charge on any atom is -0.340 e. The normalized spacial score (nSPS) is 24.4. The molecule has 3 rings (SSSR count). The van der Waals surface area contributed by atoms with E-state index in [-0.39, 0.29) is 49.3 Å². The van der Waals surface area contributed by atoms with E-state index in [2.05, 4.69) is 6.08 Å². The van der Waals surface area contributed by atoms with E-state index in [4.69, 9.17) is 0 Å². The van der Waals surface area contributed by atoms with Crippen LogP contribution in [0.1, 0.15) is 33.3 Å². The predicted octanol–water partition coefficient (Wildman–Crippen LogP) is 3.78. The Morgan fingerprint density at radius 2 is 1.67 bits per heavy atom. The Morgan fingerprint density at radius 3 is 2.20 bits per heavy atom. The van der Waals surface area contributed by atoms with E-state index in [9.17, 15) is 26.4 Å². The second-order valence-corrected chi connectivity index (χ2v) is 10.7. The Hall–Kier alpha value is -1.87. The molecule has 0 spiro atoms. The minimum absolute atomic E-state index is 0.0183. The average molecular weight is 445 g/mol. The third kappa shape index (κ3) is 4.14. The monoisotopic (exact) mass is 444 g/mol. The summed E-state index contributed by atoms with van der Waals surface area (Å²) in [7, 11) is -4.31. The Bertz CT molecular complexity index is 958. The van der Waals surface area contributed by atoms with Crippen molar-refractivity contribution in [1.82, 2.24) is 9.21 Å². The first kappa shape index (κ1) is 22.8. The molecule has 2 atom stereocenters. The van der Waals surface area contributed by atoms with Gasteiger partial charge in [0, 0.05) is 26.2 Å². The lowest BCUT2D eigenvalue weighted by Gasteiger charge is -2.34. The van der Waals surface area contributed by atoms with Crippen LogP contribution in [-0.4, -0.2) is 49.7 Å². The number of hydrogen-bond acceptors (Lipinski definition) is 3. The summed E-state index contributed by atoms with van der Waals surface area (Å²) in [5.74, 6) is -0.0211. The van der Waals surface area contributed by atoms with Gasteiger partial charge in [-0.25, -0.2) is 8.42 Å². The van der Waals surface area contributed by atoms with E-state index in [0.29, 0.717) is 0 Å². The molecule has 5 nitrogen and oxygen atoms in total. The first-order valence-corrected chi connectivity index (χ1v) is 11.3. The maximum absolute atomic E-state index is 13.3. The molecule has 0 bridgehead atoms. The van der Waals surface area contributed by atoms with Crippen LogP contribution in [0.25, 0.3) is 0 Å². The molecule has 1 amide bonds. The van der Waals surface area contributed by atoms with Crippen LogP contribution >= 0.6 is 0 Å². The van der Waals surface area contributed by atoms with Crippen LogP contribution in [0.3, 0.4) is 0 Å². The highest BCUT2D eigenvalue weighted by molar-refractivity contribution is 7.89. The molecular formula is C21H27F3N2O3S. The standard InChI is InChI=1S/C21H27F3N2O3S/c1-14(2)13-16-18(20(16,3)4)19(27)25-9-11-26(12-10-25)30(28,29)17-8-6-5-7-15(17)21(22,23)24/h5-8,13,16,18H,9-12H2,1-4H3. The summed E-state index contributed by atoms with van der Waals surface area (Å²) in [6, 6.07) is 4.19. The average Bonchev–Trinajstić information content (AvgIpc) is 3.19. The van der Waals surface area contributed by atoms with Crippen molar-refractivity contribution < 1.29 is 26.4 Å². The van der Waals surface area contributed by atoms with E-state index in [1.807, 2.05) is 27.7 Å². The van der Waals surface area contributed by atoms with Crippen LogP contribution in [0, 0.1) is 17.3 Å². The maximum Gasteiger partial charge on any atom is 0.417 e. The fraction of sp³-hybridized carbons (Fsp3) is 0.571. The van der Waals surface area contributed by atoms with Crippen molar-refractivity contribution in [3.8, 4) is 0 Å². The minimum atomic E-state index is -4.76. The molecule has 1 aromatic carbocycles. The van der Waals surface area contributed by atoms with Crippen molar-refractivity contribution in [3.63, 3.8) is 0 Å². The van der Waals surface area contributed by atoms with Gasteiger partial charge < -0.3 is 4.90 Å². The van der Waals surface area contributed by atoms with Gasteiger partial charge in [-0.2, -0.15) is 17.5 Å². The second kappa shape index (κ2) is 7.67. The fourth-order valence-electron chi connectivity index (χ4n) is 4.23. The predicted molar refractivity (Wildman–Crippen MR) is 107 cm³/mol. The van der Waals surface area contributed by atoms with Crippen LogP contribution in [0.15, 0.2) is 40.8 Å². The quantitative estimate of drug-likeness (QED) is 0.665. The molecule has 9 heteroatoms. The number of nitrogens with zero attached hydrogens (tertiary/aromatic N) is 2. The van der Waals surface area contributed by atoms with Gasteiger partial charge in [0.1, 0.15) is 0 Å². The SMILES string of the molecule is CC(C)=CC1C(C(=O)N2CCN(S(=O)(=O)c3ccccc3C(F)(F)F)CC2)C1(C)C. The molecule has 1 saturated heterocycles. The maximum atomic E-state index is 13.3. The molecule has 0 aromatic heterocycles. The van der Waals surface area contributed by atoms with Gasteiger partial charge in [0.15, 0.2) is 0 Å². The molecule has 0 radical (unpaired) electrons. The lowest BCUT2D eigenvalue weighted by molar-refractivity contribution is -0.140. The Balaban J connectivity index is 1.72. The van der Waals surface area contributed by atoms with Crippen molar-refractivity contribution in [2.75, 3.05) is 26.2 Å². The summed E-state index contributed by atoms with van der Waals surface area (Å²) in [5.41, 5.74) is -0.182. The zero-order valence-corrected chi connectivity index (χ0v) is 18.3. The van der Waals surface area contributed by atoms with Crippen molar-refractivity contribution in [2.45, 2.75) is 38.8 Å². The zero-order valence-electron chi connectivity index (χ0n) is 17.5. The van der Waals surface area contributed by atoms with Gasteiger partial charge in [-0.15, -0.1) is 0 Å². The number of piperazine rings is 1. The Labute approximate surface area is 175 Å². The number of sulfonamides is 1. The summed E-state index contributed by atoms with van der Waals surface area (Å²) in [5, 5.41) is 0. The van der Waals surface area contributed by atoms with Gasteiger partial charge in [-0.05, 0) is 37.3 Å². The summed E-state index contributed by atoms with van der Waals surface area (Å²) in [6.45, 7) is 8.32. The number of amides is 1. The largest absolute Gasteiger partial charge is 0.417 e. The van der Waals surface area contributed by atoms with Crippen molar-refractivity contribution >= 4 is 15.9 Å². The molecule has 1 saturated carbocycles. The summed E-state index contributed by atoms with van der Waals surface area (Å²) in [4.78, 5) is 13.8. The van der Waals surface area contributed by atoms with Gasteiger partial charge in [0.25, 0.3) is 0 Å². The molecule has 1 aromatic rings. The molecule has 1 heterocycles. The molecule has 1 aliphatic carbocycles. The number of allylic oxidation sites excluding steroid dienone is 2. The topological polar surface area (TPSA) is 57.7 Å². The van der Waals surface area contributed by atoms with Gasteiger partial charge in [0.05, 0.1) is 16.4 Å². The highest BCUT2D eigenvalue weighted by atomic mass is 32.2. The van der Waals surface area contributed by atoms with Gasteiger partial charge in [-0.1, -0.05) is 37.6 Å². The van der Waals surface area contributed by atoms with E-state index >= 15 is 0 Å². The lowest BCUT2D eigenvalue weighted by atomic mass is 10.1. The summed E-state index contributed by atoms with van der Waals surface area (Å²) < 4.78 is 66.6. The Morgan fingerprint density at radius 1 is 1.10 bits per heavy atom. The molecule has 0 N–H and O–H groups in total. The fourth-order valence-corrected chi connectivity index (χ4v) is 5.86. The highest BCUT2D eigenvalue weighted by Crippen LogP contribution is 2.60. The van der Waals surface area contributed by atoms with E-state index < -0.39 is 26.7 Å². The van der Waals surface area contributed by atoms with Crippen molar-refractivity contribution in [1.29, 1.82) is 0 Å². The van der Waals surface area contributed by atoms with Crippen LogP contribution in [0.5, 0.6) is 0 Å². The van der Waals surface area contributed by atoms with E-state index in [0.717, 1.165) is 22.0 Å². The molecule has 30 heavy (non-hydrogen) atoms. The van der Waals surface area contributed by atoms with E-state index in [1.165, 1.54) is 12.1 Å². The summed E-state index contributed by atoms with van der Waals surface area (Å²) in [6.07, 6.45) is -2.67. The molecule has 2 aliphatic rings. The lowest BCUT2D eigenvalue weighted by Crippen LogP contribution is -2.51. The van der Waals surface area contributed by atoms with Gasteiger partial charge in [-0.3, -0.25) is 4.79 Å². The number of rotatable bonds is 4. The number of carbonyl (C=O) groups excluding carboxylic acids is 1. The van der Waals surface area contributed by atoms with Gasteiger partial charge >= 0.3 is 6.18 Å². The summed E-state index contributed by atoms with van der Waals surface area (Å²) >= 11 is 0. The third-order valence-corrected chi connectivity index (χ3v) is 8.01. The third-order valence-electron chi connectivity index (χ3n) is 6.05. The molecular weight excluding hydrogens is 417 g/mol. The van der Waals surface area contributed by atoms with Crippen LogP contribution in [-0.2, 0) is 21.0 Å². The Kier molecular flexibility index (Phi) is 5.83. The van der Waals surface area contributed by atoms with Crippen LogP contribution in [0.2, 0.25) is 0 Å². The molecule has 2 fully saturated rings. The molecule has 166 valence electrons.